The summed E-state index contributed by atoms with van der Waals surface area (Å²) in [5.74, 6) is -0.843. The molecule has 0 spiro atoms. The number of halogens is 2. The lowest BCUT2D eigenvalue weighted by Gasteiger charge is -2.20. The van der Waals surface area contributed by atoms with Crippen LogP contribution < -0.4 is 4.90 Å². The average molecular weight is 248 g/mol. The van der Waals surface area contributed by atoms with Crippen molar-refractivity contribution >= 4 is 34.9 Å². The Balaban J connectivity index is 2.81. The summed E-state index contributed by atoms with van der Waals surface area (Å²) in [4.78, 5) is 12.1. The van der Waals surface area contributed by atoms with Crippen molar-refractivity contribution in [3.05, 3.63) is 28.2 Å². The number of benzene rings is 1. The van der Waals surface area contributed by atoms with E-state index in [1.807, 2.05) is 0 Å². The maximum atomic E-state index is 10.4. The highest BCUT2D eigenvalue weighted by atomic mass is 35.5. The lowest BCUT2D eigenvalue weighted by Crippen LogP contribution is -2.21. The number of rotatable bonds is 4. The maximum absolute atomic E-state index is 10.4. The normalized spacial score (nSPS) is 10.1. The van der Waals surface area contributed by atoms with Gasteiger partial charge >= 0.3 is 5.97 Å². The fourth-order valence-corrected chi connectivity index (χ4v) is 1.91. The third-order valence-electron chi connectivity index (χ3n) is 1.98. The molecule has 0 bridgehead atoms. The van der Waals surface area contributed by atoms with E-state index in [0.717, 1.165) is 0 Å². The van der Waals surface area contributed by atoms with Gasteiger partial charge in [0.15, 0.2) is 0 Å². The van der Waals surface area contributed by atoms with Crippen molar-refractivity contribution in [2.24, 2.45) is 0 Å². The highest BCUT2D eigenvalue weighted by Crippen LogP contribution is 2.32. The van der Waals surface area contributed by atoms with Crippen molar-refractivity contribution < 1.29 is 9.90 Å². The standard InChI is InChI=1S/C10H11Cl2NO2/c1-13(6-5-9(14)15)10-7(11)3-2-4-8(10)12/h2-4H,5-6H2,1H3,(H,14,15). The van der Waals surface area contributed by atoms with Crippen LogP contribution in [0.1, 0.15) is 6.42 Å². The molecule has 0 aromatic heterocycles. The third kappa shape index (κ3) is 3.29. The Morgan fingerprint density at radius 2 is 1.93 bits per heavy atom. The molecular formula is C10H11Cl2NO2. The predicted molar refractivity (Wildman–Crippen MR) is 62.0 cm³/mol. The van der Waals surface area contributed by atoms with E-state index in [-0.39, 0.29) is 6.42 Å². The monoisotopic (exact) mass is 247 g/mol. The van der Waals surface area contributed by atoms with Crippen LogP contribution in [0.25, 0.3) is 0 Å². The molecule has 0 radical (unpaired) electrons. The van der Waals surface area contributed by atoms with Crippen molar-refractivity contribution in [1.29, 1.82) is 0 Å². The summed E-state index contributed by atoms with van der Waals surface area (Å²) in [6.07, 6.45) is 0.0536. The van der Waals surface area contributed by atoms with Crippen molar-refractivity contribution in [2.75, 3.05) is 18.5 Å². The molecule has 0 aliphatic carbocycles. The van der Waals surface area contributed by atoms with Crippen molar-refractivity contribution in [3.8, 4) is 0 Å². The van der Waals surface area contributed by atoms with Gasteiger partial charge in [-0.3, -0.25) is 4.79 Å². The second-order valence-electron chi connectivity index (χ2n) is 3.14. The maximum Gasteiger partial charge on any atom is 0.305 e. The molecule has 0 heterocycles. The van der Waals surface area contributed by atoms with Gasteiger partial charge in [-0.05, 0) is 12.1 Å². The molecule has 15 heavy (non-hydrogen) atoms. The molecule has 0 aliphatic heterocycles. The van der Waals surface area contributed by atoms with Crippen LogP contribution in [0.5, 0.6) is 0 Å². The Hall–Kier alpha value is -0.930. The molecule has 1 aromatic carbocycles. The van der Waals surface area contributed by atoms with Gasteiger partial charge in [0, 0.05) is 13.6 Å². The summed E-state index contributed by atoms with van der Waals surface area (Å²) in [5, 5.41) is 9.60. The first-order valence-corrected chi connectivity index (χ1v) is 5.15. The summed E-state index contributed by atoms with van der Waals surface area (Å²) in [6.45, 7) is 0.374. The third-order valence-corrected chi connectivity index (χ3v) is 2.59. The van der Waals surface area contributed by atoms with Crippen LogP contribution in [0, 0.1) is 0 Å². The van der Waals surface area contributed by atoms with Crippen LogP contribution in [0.3, 0.4) is 0 Å². The van der Waals surface area contributed by atoms with Gasteiger partial charge in [-0.15, -0.1) is 0 Å². The van der Waals surface area contributed by atoms with Gasteiger partial charge in [0.05, 0.1) is 22.2 Å². The molecule has 0 saturated heterocycles. The number of hydrogen-bond acceptors (Lipinski definition) is 2. The summed E-state index contributed by atoms with van der Waals surface area (Å²) in [7, 11) is 1.76. The van der Waals surface area contributed by atoms with Crippen LogP contribution >= 0.6 is 23.2 Å². The number of para-hydroxylation sites is 1. The molecule has 0 amide bonds. The zero-order chi connectivity index (χ0) is 11.4. The van der Waals surface area contributed by atoms with Crippen LogP contribution in [0.2, 0.25) is 10.0 Å². The van der Waals surface area contributed by atoms with Gasteiger partial charge in [-0.25, -0.2) is 0 Å². The van der Waals surface area contributed by atoms with Gasteiger partial charge in [0.2, 0.25) is 0 Å². The second-order valence-corrected chi connectivity index (χ2v) is 3.95. The van der Waals surface area contributed by atoms with Gasteiger partial charge in [-0.1, -0.05) is 29.3 Å². The van der Waals surface area contributed by atoms with E-state index in [2.05, 4.69) is 0 Å². The highest BCUT2D eigenvalue weighted by Gasteiger charge is 2.11. The molecule has 0 saturated carbocycles. The molecule has 0 atom stereocenters. The molecule has 0 fully saturated rings. The molecule has 5 heteroatoms. The first-order valence-electron chi connectivity index (χ1n) is 4.39. The molecule has 1 N–H and O–H groups in total. The predicted octanol–water partition coefficient (Wildman–Crippen LogP) is 2.90. The van der Waals surface area contributed by atoms with Crippen LogP contribution in [-0.4, -0.2) is 24.7 Å². The first-order chi connectivity index (χ1) is 7.02. The quantitative estimate of drug-likeness (QED) is 0.890. The zero-order valence-corrected chi connectivity index (χ0v) is 9.72. The van der Waals surface area contributed by atoms with Crippen molar-refractivity contribution in [3.63, 3.8) is 0 Å². The van der Waals surface area contributed by atoms with Crippen molar-refractivity contribution in [1.82, 2.24) is 0 Å². The van der Waals surface area contributed by atoms with E-state index in [1.54, 1.807) is 30.1 Å². The minimum Gasteiger partial charge on any atom is -0.481 e. The van der Waals surface area contributed by atoms with E-state index in [1.165, 1.54) is 0 Å². The molecule has 3 nitrogen and oxygen atoms in total. The van der Waals surface area contributed by atoms with E-state index in [4.69, 9.17) is 28.3 Å². The Bertz CT molecular complexity index is 348. The lowest BCUT2D eigenvalue weighted by atomic mass is 10.3. The Kier molecular flexibility index (Phi) is 4.24. The smallest absolute Gasteiger partial charge is 0.305 e. The summed E-state index contributed by atoms with van der Waals surface area (Å²) in [5.41, 5.74) is 0.669. The first kappa shape index (κ1) is 12.1. The molecule has 0 aliphatic rings. The van der Waals surface area contributed by atoms with Gasteiger partial charge in [0.25, 0.3) is 0 Å². The van der Waals surface area contributed by atoms with Crippen LogP contribution in [0.4, 0.5) is 5.69 Å². The summed E-state index contributed by atoms with van der Waals surface area (Å²) >= 11 is 11.9. The van der Waals surface area contributed by atoms with Crippen LogP contribution in [0.15, 0.2) is 18.2 Å². The number of carboxylic acids is 1. The lowest BCUT2D eigenvalue weighted by molar-refractivity contribution is -0.136. The van der Waals surface area contributed by atoms with E-state index in [9.17, 15) is 4.79 Å². The number of hydrogen-bond donors (Lipinski definition) is 1. The fourth-order valence-electron chi connectivity index (χ4n) is 1.23. The Morgan fingerprint density at radius 1 is 1.40 bits per heavy atom. The average Bonchev–Trinajstić information content (AvgIpc) is 2.14. The largest absolute Gasteiger partial charge is 0.481 e. The molecule has 1 aromatic rings. The number of anilines is 1. The molecule has 1 rings (SSSR count). The van der Waals surface area contributed by atoms with Crippen molar-refractivity contribution in [2.45, 2.75) is 6.42 Å². The molecule has 0 unspecified atom stereocenters. The second kappa shape index (κ2) is 5.24. The van der Waals surface area contributed by atoms with E-state index in [0.29, 0.717) is 22.3 Å². The number of aliphatic carboxylic acids is 1. The van der Waals surface area contributed by atoms with E-state index < -0.39 is 5.97 Å². The number of carboxylic acid groups (broad SMARTS) is 1. The molecule has 82 valence electrons. The van der Waals surface area contributed by atoms with Crippen LogP contribution in [-0.2, 0) is 4.79 Å². The highest BCUT2D eigenvalue weighted by molar-refractivity contribution is 6.39. The minimum absolute atomic E-state index is 0.0536. The Morgan fingerprint density at radius 3 is 2.40 bits per heavy atom. The van der Waals surface area contributed by atoms with Gasteiger partial charge in [0.1, 0.15) is 0 Å². The Labute approximate surface area is 98.2 Å². The minimum atomic E-state index is -0.843. The topological polar surface area (TPSA) is 40.5 Å². The molecular weight excluding hydrogens is 237 g/mol. The fraction of sp³-hybridized carbons (Fsp3) is 0.300. The van der Waals surface area contributed by atoms with Gasteiger partial charge in [-0.2, -0.15) is 0 Å². The van der Waals surface area contributed by atoms with E-state index >= 15 is 0 Å². The number of carbonyl (C=O) groups is 1. The number of nitrogens with zero attached hydrogens (tertiary/aromatic N) is 1. The summed E-state index contributed by atoms with van der Waals surface area (Å²) < 4.78 is 0. The van der Waals surface area contributed by atoms with Gasteiger partial charge < -0.3 is 10.0 Å². The SMILES string of the molecule is CN(CCC(=O)O)c1c(Cl)cccc1Cl. The summed E-state index contributed by atoms with van der Waals surface area (Å²) in [6, 6.07) is 5.19. The zero-order valence-electron chi connectivity index (χ0n) is 8.20.